The lowest BCUT2D eigenvalue weighted by molar-refractivity contribution is -0.0191. The lowest BCUT2D eigenvalue weighted by Gasteiger charge is -2.46. The molecule has 2 aliphatic rings. The lowest BCUT2D eigenvalue weighted by Crippen LogP contribution is -2.48. The van der Waals surface area contributed by atoms with E-state index in [0.29, 0.717) is 11.1 Å². The molecule has 2 heterocycles. The second-order valence-electron chi connectivity index (χ2n) is 5.89. The fraction of sp³-hybridized carbons (Fsp3) is 0.684. The summed E-state index contributed by atoms with van der Waals surface area (Å²) < 4.78 is 126. The van der Waals surface area contributed by atoms with Crippen LogP contribution < -0.4 is 9.47 Å². The van der Waals surface area contributed by atoms with Gasteiger partial charge in [-0.1, -0.05) is 13.7 Å². The van der Waals surface area contributed by atoms with Crippen molar-refractivity contribution in [1.29, 1.82) is 0 Å². The zero-order valence-electron chi connectivity index (χ0n) is 27.4. The summed E-state index contributed by atoms with van der Waals surface area (Å²) in [4.78, 5) is 1.69. The van der Waals surface area contributed by atoms with Gasteiger partial charge in [-0.3, -0.25) is 4.90 Å². The average molecular weight is 335 g/mol. The van der Waals surface area contributed by atoms with Gasteiger partial charge in [-0.15, -0.1) is 0 Å². The van der Waals surface area contributed by atoms with Crippen LogP contribution in [0.15, 0.2) is 12.1 Å². The first kappa shape index (κ1) is 6.23. The fourth-order valence-electron chi connectivity index (χ4n) is 3.51. The molecule has 0 spiro atoms. The van der Waals surface area contributed by atoms with Crippen molar-refractivity contribution in [2.75, 3.05) is 27.2 Å². The number of ether oxygens (including phenoxy) is 2. The number of methoxy groups -OCH3 is 2. The molecule has 1 saturated heterocycles. The van der Waals surface area contributed by atoms with Gasteiger partial charge in [0.2, 0.25) is 0 Å². The molecule has 1 N–H and O–H groups in total. The lowest BCUT2D eigenvalue weighted by atomic mass is 9.79. The quantitative estimate of drug-likeness (QED) is 0.919. The van der Waals surface area contributed by atoms with Crippen molar-refractivity contribution in [2.45, 2.75) is 45.1 Å². The van der Waals surface area contributed by atoms with Crippen LogP contribution in [-0.2, 0) is 6.42 Å². The largest absolute Gasteiger partial charge is 0.493 e. The molecule has 3 rings (SSSR count). The SMILES string of the molecule is [2H]C([2H])([2H])Oc1cc2c(cc1OC([2H])([2H])[2H])C1CC(O)C(C([2H])([2H])C([2H])(C([2H])([2H])[2H])C([2H])([2H])[2H])CN1CC2. The van der Waals surface area contributed by atoms with Crippen molar-refractivity contribution < 1.29 is 35.1 Å². The van der Waals surface area contributed by atoms with Gasteiger partial charge in [-0.25, -0.2) is 0 Å². The number of aliphatic hydroxyl groups excluding tert-OH is 1. The highest BCUT2D eigenvalue weighted by atomic mass is 16.5. The number of fused-ring (bicyclic) bond motifs is 3. The van der Waals surface area contributed by atoms with E-state index < -0.39 is 58.1 Å². The van der Waals surface area contributed by atoms with E-state index in [9.17, 15) is 5.11 Å². The fourth-order valence-corrected chi connectivity index (χ4v) is 3.51. The van der Waals surface area contributed by atoms with E-state index in [4.69, 9.17) is 30.0 Å². The van der Waals surface area contributed by atoms with Crippen LogP contribution in [-0.4, -0.2) is 43.3 Å². The number of rotatable bonds is 4. The summed E-state index contributed by atoms with van der Waals surface area (Å²) in [6.07, 6.45) is -4.65. The van der Waals surface area contributed by atoms with Crippen LogP contribution in [0.2, 0.25) is 0 Å². The Morgan fingerprint density at radius 2 is 2.17 bits per heavy atom. The van der Waals surface area contributed by atoms with E-state index in [1.54, 1.807) is 4.90 Å². The normalized spacial score (nSPS) is 40.4. The first-order chi connectivity index (χ1) is 16.9. The van der Waals surface area contributed by atoms with Gasteiger partial charge in [-0.05, 0) is 54.3 Å². The monoisotopic (exact) mass is 334 g/mol. The molecule has 1 aromatic rings. The zero-order chi connectivity index (χ0) is 29.3. The van der Waals surface area contributed by atoms with Crippen molar-refractivity contribution >= 4 is 0 Å². The second kappa shape index (κ2) is 6.70. The molecule has 128 valence electrons. The van der Waals surface area contributed by atoms with Crippen molar-refractivity contribution in [2.24, 2.45) is 11.8 Å². The molecule has 1 fully saturated rings. The Balaban J connectivity index is 2.01. The molecule has 3 atom stereocenters. The molecule has 0 aliphatic carbocycles. The van der Waals surface area contributed by atoms with Crippen LogP contribution in [0.1, 0.15) is 64.2 Å². The molecule has 1 aromatic carbocycles. The molecular formula is C19H29NO3. The van der Waals surface area contributed by atoms with Crippen LogP contribution in [0.25, 0.3) is 0 Å². The van der Waals surface area contributed by atoms with Gasteiger partial charge in [0.15, 0.2) is 11.5 Å². The van der Waals surface area contributed by atoms with Gasteiger partial charge in [0.05, 0.1) is 28.4 Å². The highest BCUT2D eigenvalue weighted by Crippen LogP contribution is 2.43. The minimum Gasteiger partial charge on any atom is -0.493 e. The second-order valence-corrected chi connectivity index (χ2v) is 5.89. The molecule has 0 bridgehead atoms. The number of nitrogens with zero attached hydrogens (tertiary/aromatic N) is 1. The Labute approximate surface area is 160 Å². The Morgan fingerprint density at radius 3 is 2.91 bits per heavy atom. The van der Waals surface area contributed by atoms with Gasteiger partial charge >= 0.3 is 0 Å². The van der Waals surface area contributed by atoms with Crippen molar-refractivity contribution in [3.8, 4) is 11.5 Å². The summed E-state index contributed by atoms with van der Waals surface area (Å²) in [6, 6.07) is 2.00. The molecule has 0 radical (unpaired) electrons. The third-order valence-corrected chi connectivity index (χ3v) is 4.58. The number of aliphatic hydroxyl groups is 1. The van der Waals surface area contributed by atoms with Gasteiger partial charge in [0, 0.05) is 31.5 Å². The Kier molecular flexibility index (Phi) is 1.81. The molecule has 4 nitrogen and oxygen atoms in total. The Bertz CT molecular complexity index is 1020. The maximum atomic E-state index is 11.0. The molecule has 4 heteroatoms. The Hall–Kier alpha value is -1.26. The molecule has 23 heavy (non-hydrogen) atoms. The zero-order valence-corrected chi connectivity index (χ0v) is 12.4. The molecule has 0 amide bonds. The van der Waals surface area contributed by atoms with Crippen molar-refractivity contribution in [1.82, 2.24) is 4.90 Å². The van der Waals surface area contributed by atoms with E-state index in [0.717, 1.165) is 0 Å². The van der Waals surface area contributed by atoms with Crippen LogP contribution in [0.4, 0.5) is 0 Å². The summed E-state index contributed by atoms with van der Waals surface area (Å²) in [5, 5.41) is 11.0. The van der Waals surface area contributed by atoms with E-state index >= 15 is 0 Å². The third-order valence-electron chi connectivity index (χ3n) is 4.58. The first-order valence-corrected chi connectivity index (χ1v) is 7.36. The van der Waals surface area contributed by atoms with Crippen molar-refractivity contribution in [3.05, 3.63) is 23.3 Å². The van der Waals surface area contributed by atoms with Gasteiger partial charge in [-0.2, -0.15) is 0 Å². The molecule has 0 saturated carbocycles. The molecule has 2 aliphatic heterocycles. The van der Waals surface area contributed by atoms with Crippen LogP contribution in [0.5, 0.6) is 11.5 Å². The topological polar surface area (TPSA) is 41.9 Å². The van der Waals surface area contributed by atoms with Gasteiger partial charge in [0.25, 0.3) is 0 Å². The van der Waals surface area contributed by atoms with Crippen LogP contribution in [0.3, 0.4) is 0 Å². The average Bonchev–Trinajstić information content (AvgIpc) is 2.69. The maximum absolute atomic E-state index is 11.0. The number of hydrogen-bond acceptors (Lipinski definition) is 4. The number of piperidine rings is 1. The maximum Gasteiger partial charge on any atom is 0.161 e. The summed E-state index contributed by atoms with van der Waals surface area (Å²) in [5.41, 5.74) is 1.05. The summed E-state index contributed by atoms with van der Waals surface area (Å²) >= 11 is 0. The third kappa shape index (κ3) is 3.20. The predicted molar refractivity (Wildman–Crippen MR) is 91.1 cm³/mol. The van der Waals surface area contributed by atoms with E-state index in [-0.39, 0.29) is 37.4 Å². The van der Waals surface area contributed by atoms with Crippen LogP contribution >= 0.6 is 0 Å². The predicted octanol–water partition coefficient (Wildman–Crippen LogP) is 3.03. The minimum absolute atomic E-state index is 0.193. The van der Waals surface area contributed by atoms with Gasteiger partial charge < -0.3 is 14.6 Å². The standard InChI is InChI=1S/C19H29NO3/c1-12(2)7-14-11-20-6-5-13-8-18(22-3)19(23-4)9-15(13)16(20)10-17(14)21/h8-9,12,14,16-17,21H,5-7,10-11H2,1-4H3/i1D3,2D3,3D3,4D3,7D2,12D. The smallest absolute Gasteiger partial charge is 0.161 e. The minimum atomic E-state index is -3.53. The number of hydrogen-bond donors (Lipinski definition) is 1. The van der Waals surface area contributed by atoms with Crippen molar-refractivity contribution in [3.63, 3.8) is 0 Å². The van der Waals surface area contributed by atoms with E-state index in [2.05, 4.69) is 0 Å². The summed E-state index contributed by atoms with van der Waals surface area (Å²) in [6.45, 7) is -7.11. The van der Waals surface area contributed by atoms with E-state index in [1.165, 1.54) is 12.1 Å². The number of benzene rings is 1. The van der Waals surface area contributed by atoms with Crippen LogP contribution in [0, 0.1) is 11.8 Å². The first-order valence-electron chi connectivity index (χ1n) is 14.9. The summed E-state index contributed by atoms with van der Waals surface area (Å²) in [5.74, 6) is -5.76. The Morgan fingerprint density at radius 1 is 1.39 bits per heavy atom. The highest BCUT2D eigenvalue weighted by molar-refractivity contribution is 5.49. The highest BCUT2D eigenvalue weighted by Gasteiger charge is 2.38. The molecule has 0 aromatic heterocycles. The van der Waals surface area contributed by atoms with E-state index in [1.807, 2.05) is 0 Å². The summed E-state index contributed by atoms with van der Waals surface area (Å²) in [7, 11) is -5.83. The van der Waals surface area contributed by atoms with Gasteiger partial charge in [0.1, 0.15) is 0 Å². The molecular weight excluding hydrogens is 290 g/mol. The molecule has 3 unspecified atom stereocenters.